The minimum Gasteiger partial charge on any atom is -0.493 e. The standard InChI is InChI=1S/C21H28O3/c1-6-7-16-9-11-19(20(12-16)23-5)24-21(22)18-13-17(14(2)3)10-8-15(18)4/h6,9,11-12,15,17-18H,1-2,7-8,10,13H2,3-5H3. The fourth-order valence-corrected chi connectivity index (χ4v) is 3.37. The lowest BCUT2D eigenvalue weighted by Crippen LogP contribution is -2.32. The molecule has 1 aromatic rings. The number of hydrogen-bond donors (Lipinski definition) is 0. The van der Waals surface area contributed by atoms with Crippen molar-refractivity contribution < 1.29 is 14.3 Å². The average Bonchev–Trinajstić information content (AvgIpc) is 2.56. The molecule has 0 amide bonds. The molecule has 0 N–H and O–H groups in total. The molecule has 3 heteroatoms. The van der Waals surface area contributed by atoms with Gasteiger partial charge in [-0.25, -0.2) is 0 Å². The highest BCUT2D eigenvalue weighted by Crippen LogP contribution is 2.38. The van der Waals surface area contributed by atoms with Gasteiger partial charge >= 0.3 is 5.97 Å². The molecule has 1 saturated carbocycles. The molecule has 0 aromatic heterocycles. The van der Waals surface area contributed by atoms with Gasteiger partial charge in [-0.1, -0.05) is 31.2 Å². The summed E-state index contributed by atoms with van der Waals surface area (Å²) in [6.07, 6.45) is 5.56. The van der Waals surface area contributed by atoms with Crippen LogP contribution in [-0.2, 0) is 11.2 Å². The van der Waals surface area contributed by atoms with Crippen molar-refractivity contribution in [1.82, 2.24) is 0 Å². The van der Waals surface area contributed by atoms with Gasteiger partial charge in [-0.3, -0.25) is 4.79 Å². The number of ether oxygens (including phenoxy) is 2. The van der Waals surface area contributed by atoms with Crippen LogP contribution in [0.3, 0.4) is 0 Å². The number of rotatable bonds is 6. The second-order valence-corrected chi connectivity index (χ2v) is 6.84. The van der Waals surface area contributed by atoms with Gasteiger partial charge in [0.15, 0.2) is 11.5 Å². The first-order valence-electron chi connectivity index (χ1n) is 8.61. The molecule has 1 aromatic carbocycles. The van der Waals surface area contributed by atoms with Crippen LogP contribution in [0.25, 0.3) is 0 Å². The van der Waals surface area contributed by atoms with Crippen molar-refractivity contribution in [2.45, 2.75) is 39.5 Å². The zero-order chi connectivity index (χ0) is 17.7. The molecular weight excluding hydrogens is 300 g/mol. The zero-order valence-corrected chi connectivity index (χ0v) is 15.0. The SMILES string of the molecule is C=CCc1ccc(OC(=O)C2CC(C(=C)C)CCC2C)c(OC)c1. The lowest BCUT2D eigenvalue weighted by Gasteiger charge is -2.33. The molecule has 0 radical (unpaired) electrons. The predicted molar refractivity (Wildman–Crippen MR) is 97.3 cm³/mol. The van der Waals surface area contributed by atoms with E-state index < -0.39 is 0 Å². The van der Waals surface area contributed by atoms with Gasteiger partial charge < -0.3 is 9.47 Å². The molecule has 24 heavy (non-hydrogen) atoms. The number of allylic oxidation sites excluding steroid dienone is 2. The minimum absolute atomic E-state index is 0.0852. The quantitative estimate of drug-likeness (QED) is 0.421. The van der Waals surface area contributed by atoms with Gasteiger partial charge in [-0.2, -0.15) is 0 Å². The Hall–Kier alpha value is -2.03. The van der Waals surface area contributed by atoms with E-state index in [4.69, 9.17) is 9.47 Å². The highest BCUT2D eigenvalue weighted by Gasteiger charge is 2.34. The van der Waals surface area contributed by atoms with Crippen LogP contribution in [0.15, 0.2) is 43.0 Å². The molecule has 3 atom stereocenters. The van der Waals surface area contributed by atoms with Gasteiger partial charge in [0.05, 0.1) is 13.0 Å². The van der Waals surface area contributed by atoms with E-state index in [0.717, 1.165) is 36.8 Å². The van der Waals surface area contributed by atoms with Crippen LogP contribution in [-0.4, -0.2) is 13.1 Å². The number of carbonyl (C=O) groups is 1. The Bertz CT molecular complexity index is 618. The molecule has 0 spiro atoms. The number of methoxy groups -OCH3 is 1. The monoisotopic (exact) mass is 328 g/mol. The van der Waals surface area contributed by atoms with Crippen LogP contribution >= 0.6 is 0 Å². The first-order valence-corrected chi connectivity index (χ1v) is 8.61. The predicted octanol–water partition coefficient (Wildman–Crippen LogP) is 4.96. The molecule has 0 bridgehead atoms. The molecule has 130 valence electrons. The van der Waals surface area contributed by atoms with E-state index in [2.05, 4.69) is 20.1 Å². The third-order valence-electron chi connectivity index (χ3n) is 5.01. The first kappa shape index (κ1) is 18.3. The second-order valence-electron chi connectivity index (χ2n) is 6.84. The maximum atomic E-state index is 12.7. The molecule has 3 unspecified atom stereocenters. The largest absolute Gasteiger partial charge is 0.493 e. The Morgan fingerprint density at radius 1 is 1.33 bits per heavy atom. The van der Waals surface area contributed by atoms with E-state index in [0.29, 0.717) is 23.3 Å². The van der Waals surface area contributed by atoms with Gasteiger partial charge in [0.25, 0.3) is 0 Å². The number of carbonyl (C=O) groups excluding carboxylic acids is 1. The van der Waals surface area contributed by atoms with Gasteiger partial charge in [0.2, 0.25) is 0 Å². The Kier molecular flexibility index (Phi) is 6.24. The number of benzene rings is 1. The lowest BCUT2D eigenvalue weighted by atomic mass is 9.73. The summed E-state index contributed by atoms with van der Waals surface area (Å²) < 4.78 is 11.1. The molecular formula is C21H28O3. The molecule has 1 aliphatic carbocycles. The second kappa shape index (κ2) is 8.18. The summed E-state index contributed by atoms with van der Waals surface area (Å²) in [6, 6.07) is 5.64. The normalized spacial score (nSPS) is 23.4. The fourth-order valence-electron chi connectivity index (χ4n) is 3.37. The van der Waals surface area contributed by atoms with Crippen LogP contribution in [0.1, 0.15) is 38.7 Å². The van der Waals surface area contributed by atoms with Crippen LogP contribution in [0.2, 0.25) is 0 Å². The average molecular weight is 328 g/mol. The van der Waals surface area contributed by atoms with Crippen molar-refractivity contribution in [2.75, 3.05) is 7.11 Å². The van der Waals surface area contributed by atoms with E-state index in [1.165, 1.54) is 0 Å². The summed E-state index contributed by atoms with van der Waals surface area (Å²) in [5.74, 6) is 1.57. The van der Waals surface area contributed by atoms with Gasteiger partial charge in [0, 0.05) is 0 Å². The highest BCUT2D eigenvalue weighted by atomic mass is 16.6. The van der Waals surface area contributed by atoms with Gasteiger partial charge in [0.1, 0.15) is 0 Å². The molecule has 0 saturated heterocycles. The van der Waals surface area contributed by atoms with E-state index in [9.17, 15) is 4.79 Å². The van der Waals surface area contributed by atoms with E-state index in [1.54, 1.807) is 13.2 Å². The van der Waals surface area contributed by atoms with E-state index in [1.807, 2.05) is 25.1 Å². The van der Waals surface area contributed by atoms with Crippen LogP contribution in [0.5, 0.6) is 11.5 Å². The zero-order valence-electron chi connectivity index (χ0n) is 15.0. The Balaban J connectivity index is 2.13. The highest BCUT2D eigenvalue weighted by molar-refractivity contribution is 5.76. The maximum Gasteiger partial charge on any atom is 0.314 e. The molecule has 1 aliphatic rings. The Morgan fingerprint density at radius 2 is 2.08 bits per heavy atom. The van der Waals surface area contributed by atoms with Crippen molar-refractivity contribution in [2.24, 2.45) is 17.8 Å². The molecule has 0 heterocycles. The molecule has 3 nitrogen and oxygen atoms in total. The van der Waals surface area contributed by atoms with Gasteiger partial charge in [-0.15, -0.1) is 6.58 Å². The topological polar surface area (TPSA) is 35.5 Å². The summed E-state index contributed by atoms with van der Waals surface area (Å²) in [7, 11) is 1.59. The molecule has 1 fully saturated rings. The minimum atomic E-state index is -0.164. The van der Waals surface area contributed by atoms with Crippen molar-refractivity contribution in [1.29, 1.82) is 0 Å². The molecule has 0 aliphatic heterocycles. The van der Waals surface area contributed by atoms with Crippen LogP contribution < -0.4 is 9.47 Å². The van der Waals surface area contributed by atoms with E-state index in [-0.39, 0.29) is 11.9 Å². The number of hydrogen-bond acceptors (Lipinski definition) is 3. The van der Waals surface area contributed by atoms with Crippen LogP contribution in [0.4, 0.5) is 0 Å². The summed E-state index contributed by atoms with van der Waals surface area (Å²) in [6.45, 7) is 12.0. The smallest absolute Gasteiger partial charge is 0.314 e. The van der Waals surface area contributed by atoms with E-state index >= 15 is 0 Å². The summed E-state index contributed by atoms with van der Waals surface area (Å²) in [4.78, 5) is 12.7. The third-order valence-corrected chi connectivity index (χ3v) is 5.01. The van der Waals surface area contributed by atoms with Crippen molar-refractivity contribution in [3.8, 4) is 11.5 Å². The van der Waals surface area contributed by atoms with Gasteiger partial charge in [-0.05, 0) is 62.1 Å². The summed E-state index contributed by atoms with van der Waals surface area (Å²) in [5.41, 5.74) is 2.24. The summed E-state index contributed by atoms with van der Waals surface area (Å²) >= 11 is 0. The lowest BCUT2D eigenvalue weighted by molar-refractivity contribution is -0.142. The fraction of sp³-hybridized carbons (Fsp3) is 0.476. The maximum absolute atomic E-state index is 12.7. The number of esters is 1. The van der Waals surface area contributed by atoms with Crippen molar-refractivity contribution >= 4 is 5.97 Å². The Morgan fingerprint density at radius 3 is 2.71 bits per heavy atom. The van der Waals surface area contributed by atoms with Crippen molar-refractivity contribution in [3.05, 3.63) is 48.6 Å². The Labute approximate surface area is 145 Å². The van der Waals surface area contributed by atoms with Crippen LogP contribution in [0, 0.1) is 17.8 Å². The summed E-state index contributed by atoms with van der Waals surface area (Å²) in [5, 5.41) is 0. The first-order chi connectivity index (χ1) is 11.5. The third kappa shape index (κ3) is 4.28. The molecule has 2 rings (SSSR count). The van der Waals surface area contributed by atoms with Crippen molar-refractivity contribution in [3.63, 3.8) is 0 Å².